The third-order valence-electron chi connectivity index (χ3n) is 3.18. The number of hydrogen-bond acceptors (Lipinski definition) is 3. The molecule has 21 heavy (non-hydrogen) atoms. The summed E-state index contributed by atoms with van der Waals surface area (Å²) in [7, 11) is 0. The molecule has 1 atom stereocenters. The molecule has 6 heteroatoms. The molecule has 2 rings (SSSR count). The van der Waals surface area contributed by atoms with E-state index in [1.165, 1.54) is 24.3 Å². The molecule has 0 aliphatic heterocycles. The van der Waals surface area contributed by atoms with Crippen molar-refractivity contribution in [3.8, 4) is 0 Å². The summed E-state index contributed by atoms with van der Waals surface area (Å²) in [5, 5.41) is 14.0. The molecule has 0 saturated heterocycles. The predicted octanol–water partition coefficient (Wildman–Crippen LogP) is 4.24. The van der Waals surface area contributed by atoms with Crippen molar-refractivity contribution >= 4 is 17.3 Å². The van der Waals surface area contributed by atoms with E-state index in [2.05, 4.69) is 5.32 Å². The van der Waals surface area contributed by atoms with Gasteiger partial charge < -0.3 is 5.32 Å². The van der Waals surface area contributed by atoms with Gasteiger partial charge in [0, 0.05) is 24.7 Å². The lowest BCUT2D eigenvalue weighted by Gasteiger charge is -2.14. The monoisotopic (exact) mass is 308 g/mol. The number of nitro benzene ring substituents is 1. The third-order valence-corrected chi connectivity index (χ3v) is 3.48. The molecule has 1 unspecified atom stereocenters. The summed E-state index contributed by atoms with van der Waals surface area (Å²) < 4.78 is 13.3. The standard InChI is InChI=1S/C15H14ClFN2O2/c1-10(12-3-2-4-13(8-12)19(20)21)18-9-11-5-6-14(16)15(17)7-11/h2-8,10,18H,9H2,1H3. The lowest BCUT2D eigenvalue weighted by Crippen LogP contribution is -2.18. The van der Waals surface area contributed by atoms with Crippen LogP contribution in [-0.2, 0) is 6.54 Å². The van der Waals surface area contributed by atoms with Crippen molar-refractivity contribution in [3.63, 3.8) is 0 Å². The fourth-order valence-corrected chi connectivity index (χ4v) is 2.06. The van der Waals surface area contributed by atoms with Gasteiger partial charge in [0.15, 0.2) is 0 Å². The molecule has 0 amide bonds. The molecular weight excluding hydrogens is 295 g/mol. The summed E-state index contributed by atoms with van der Waals surface area (Å²) in [6.07, 6.45) is 0. The van der Waals surface area contributed by atoms with Gasteiger partial charge in [0.25, 0.3) is 5.69 Å². The first-order chi connectivity index (χ1) is 9.97. The van der Waals surface area contributed by atoms with Crippen molar-refractivity contribution in [3.05, 3.63) is 74.5 Å². The van der Waals surface area contributed by atoms with E-state index in [0.717, 1.165) is 11.1 Å². The fourth-order valence-electron chi connectivity index (χ4n) is 1.95. The van der Waals surface area contributed by atoms with E-state index in [1.54, 1.807) is 12.1 Å². The van der Waals surface area contributed by atoms with Crippen LogP contribution in [0.15, 0.2) is 42.5 Å². The average molecular weight is 309 g/mol. The number of non-ortho nitro benzene ring substituents is 1. The van der Waals surface area contributed by atoms with Crippen LogP contribution in [0.4, 0.5) is 10.1 Å². The predicted molar refractivity (Wildman–Crippen MR) is 79.8 cm³/mol. The van der Waals surface area contributed by atoms with Crippen molar-refractivity contribution in [2.24, 2.45) is 0 Å². The van der Waals surface area contributed by atoms with Crippen LogP contribution in [0.2, 0.25) is 5.02 Å². The molecule has 0 bridgehead atoms. The minimum atomic E-state index is -0.459. The van der Waals surface area contributed by atoms with Crippen LogP contribution in [0.5, 0.6) is 0 Å². The summed E-state index contributed by atoms with van der Waals surface area (Å²) in [6, 6.07) is 11.0. The smallest absolute Gasteiger partial charge is 0.269 e. The number of halogens is 2. The first-order valence-electron chi connectivity index (χ1n) is 6.39. The lowest BCUT2D eigenvalue weighted by molar-refractivity contribution is -0.384. The number of benzene rings is 2. The van der Waals surface area contributed by atoms with Gasteiger partial charge in [0.2, 0.25) is 0 Å². The van der Waals surface area contributed by atoms with Crippen LogP contribution in [0.3, 0.4) is 0 Å². The van der Waals surface area contributed by atoms with E-state index in [9.17, 15) is 14.5 Å². The highest BCUT2D eigenvalue weighted by atomic mass is 35.5. The van der Waals surface area contributed by atoms with Crippen molar-refractivity contribution in [1.29, 1.82) is 0 Å². The van der Waals surface area contributed by atoms with Crippen LogP contribution >= 0.6 is 11.6 Å². The van der Waals surface area contributed by atoms with Crippen molar-refractivity contribution in [2.75, 3.05) is 0 Å². The van der Waals surface area contributed by atoms with Crippen LogP contribution in [0.1, 0.15) is 24.1 Å². The van der Waals surface area contributed by atoms with Crippen molar-refractivity contribution in [2.45, 2.75) is 19.5 Å². The summed E-state index contributed by atoms with van der Waals surface area (Å²) in [6.45, 7) is 2.34. The molecule has 0 aliphatic carbocycles. The second kappa shape index (κ2) is 6.65. The molecule has 0 heterocycles. The Labute approximate surface area is 126 Å². The molecule has 0 fully saturated rings. The maximum Gasteiger partial charge on any atom is 0.269 e. The Bertz CT molecular complexity index is 664. The van der Waals surface area contributed by atoms with E-state index >= 15 is 0 Å². The molecule has 0 radical (unpaired) electrons. The zero-order valence-corrected chi connectivity index (χ0v) is 12.1. The van der Waals surface area contributed by atoms with Crippen LogP contribution in [0.25, 0.3) is 0 Å². The zero-order valence-electron chi connectivity index (χ0n) is 11.3. The van der Waals surface area contributed by atoms with Gasteiger partial charge in [-0.15, -0.1) is 0 Å². The van der Waals surface area contributed by atoms with Crippen molar-refractivity contribution < 1.29 is 9.31 Å². The topological polar surface area (TPSA) is 55.2 Å². The summed E-state index contributed by atoms with van der Waals surface area (Å²) >= 11 is 5.63. The van der Waals surface area contributed by atoms with Gasteiger partial charge in [-0.25, -0.2) is 4.39 Å². The minimum Gasteiger partial charge on any atom is -0.306 e. The molecule has 110 valence electrons. The Balaban J connectivity index is 2.04. The SMILES string of the molecule is CC(NCc1ccc(Cl)c(F)c1)c1cccc([N+](=O)[O-])c1. The van der Waals surface area contributed by atoms with Gasteiger partial charge in [-0.2, -0.15) is 0 Å². The van der Waals surface area contributed by atoms with Gasteiger partial charge in [0.05, 0.1) is 9.95 Å². The Morgan fingerprint density at radius 2 is 2.10 bits per heavy atom. The maximum absolute atomic E-state index is 13.3. The quantitative estimate of drug-likeness (QED) is 0.664. The molecule has 2 aromatic rings. The molecule has 0 aromatic heterocycles. The second-order valence-corrected chi connectivity index (χ2v) is 5.11. The number of rotatable bonds is 5. The highest BCUT2D eigenvalue weighted by Gasteiger charge is 2.11. The maximum atomic E-state index is 13.3. The van der Waals surface area contributed by atoms with Gasteiger partial charge in [0.1, 0.15) is 5.82 Å². The molecule has 0 saturated carbocycles. The molecule has 0 aliphatic rings. The Morgan fingerprint density at radius 1 is 1.33 bits per heavy atom. The minimum absolute atomic E-state index is 0.0543. The van der Waals surface area contributed by atoms with Crippen molar-refractivity contribution in [1.82, 2.24) is 5.32 Å². The van der Waals surface area contributed by atoms with Crippen LogP contribution in [-0.4, -0.2) is 4.92 Å². The van der Waals surface area contributed by atoms with Gasteiger partial charge >= 0.3 is 0 Å². The van der Waals surface area contributed by atoms with Gasteiger partial charge in [-0.05, 0) is 30.2 Å². The van der Waals surface area contributed by atoms with E-state index in [4.69, 9.17) is 11.6 Å². The number of hydrogen-bond donors (Lipinski definition) is 1. The summed E-state index contributed by atoms with van der Waals surface area (Å²) in [5.74, 6) is -0.459. The first-order valence-corrected chi connectivity index (χ1v) is 6.77. The number of nitrogens with zero attached hydrogens (tertiary/aromatic N) is 1. The molecular formula is C15H14ClFN2O2. The normalized spacial score (nSPS) is 12.1. The summed E-state index contributed by atoms with van der Waals surface area (Å²) in [5.41, 5.74) is 1.62. The fraction of sp³-hybridized carbons (Fsp3) is 0.200. The van der Waals surface area contributed by atoms with E-state index < -0.39 is 10.7 Å². The van der Waals surface area contributed by atoms with E-state index in [1.807, 2.05) is 13.0 Å². The third kappa shape index (κ3) is 4.00. The molecule has 2 aromatic carbocycles. The second-order valence-electron chi connectivity index (χ2n) is 4.70. The highest BCUT2D eigenvalue weighted by molar-refractivity contribution is 6.30. The first kappa shape index (κ1) is 15.4. The Hall–Kier alpha value is -1.98. The lowest BCUT2D eigenvalue weighted by atomic mass is 10.1. The zero-order chi connectivity index (χ0) is 15.4. The van der Waals surface area contributed by atoms with Gasteiger partial charge in [-0.1, -0.05) is 29.8 Å². The Kier molecular flexibility index (Phi) is 4.88. The Morgan fingerprint density at radius 3 is 2.76 bits per heavy atom. The van der Waals surface area contributed by atoms with Crippen LogP contribution in [0, 0.1) is 15.9 Å². The molecule has 4 nitrogen and oxygen atoms in total. The largest absolute Gasteiger partial charge is 0.306 e. The summed E-state index contributed by atoms with van der Waals surface area (Å²) in [4.78, 5) is 10.3. The van der Waals surface area contributed by atoms with Crippen LogP contribution < -0.4 is 5.32 Å². The van der Waals surface area contributed by atoms with E-state index in [-0.39, 0.29) is 16.8 Å². The highest BCUT2D eigenvalue weighted by Crippen LogP contribution is 2.20. The molecule has 1 N–H and O–H groups in total. The number of nitro groups is 1. The molecule has 0 spiro atoms. The van der Waals surface area contributed by atoms with Gasteiger partial charge in [-0.3, -0.25) is 10.1 Å². The average Bonchev–Trinajstić information content (AvgIpc) is 2.48. The van der Waals surface area contributed by atoms with E-state index in [0.29, 0.717) is 6.54 Å². The number of nitrogens with one attached hydrogen (secondary N) is 1.